The molecule has 1 aliphatic carbocycles. The topological polar surface area (TPSA) is 9.72 Å². The van der Waals surface area contributed by atoms with E-state index in [1.165, 1.54) is 58.0 Å². The van der Waals surface area contributed by atoms with Gasteiger partial charge in [-0.15, -0.1) is 0 Å². The summed E-state index contributed by atoms with van der Waals surface area (Å²) in [6.45, 7) is 7.12. The van der Waals surface area contributed by atoms with E-state index in [4.69, 9.17) is 0 Å². The minimum Gasteiger partial charge on any atom is -0.290 e. The molecule has 1 atom stereocenters. The summed E-state index contributed by atoms with van der Waals surface area (Å²) >= 11 is 0. The summed E-state index contributed by atoms with van der Waals surface area (Å²) in [6.07, 6.45) is 10.6. The van der Waals surface area contributed by atoms with E-state index in [0.29, 0.717) is 6.29 Å². The van der Waals surface area contributed by atoms with E-state index in [9.17, 15) is 0 Å². The molecule has 0 radical (unpaired) electrons. The van der Waals surface area contributed by atoms with Gasteiger partial charge in [-0.25, -0.2) is 0 Å². The average molecular weight is 270 g/mol. The van der Waals surface area contributed by atoms with Gasteiger partial charge in [0.15, 0.2) is 9.84 Å². The third-order valence-electron chi connectivity index (χ3n) is 4.68. The Hall–Kier alpha value is 0.0969. The molecule has 1 unspecified atom stereocenters. The lowest BCUT2D eigenvalue weighted by Crippen LogP contribution is -2.74. The van der Waals surface area contributed by atoms with Crippen LogP contribution in [0.5, 0.6) is 0 Å². The molecule has 4 heteroatoms. The third-order valence-corrected chi connectivity index (χ3v) is 6.98. The second-order valence-electron chi connectivity index (χ2n) is 6.03. The van der Waals surface area contributed by atoms with Crippen molar-refractivity contribution in [3.63, 3.8) is 0 Å². The third kappa shape index (κ3) is 3.16. The van der Waals surface area contributed by atoms with Gasteiger partial charge in [0.05, 0.1) is 0 Å². The van der Waals surface area contributed by atoms with Crippen LogP contribution in [0, 0.1) is 0 Å². The largest absolute Gasteiger partial charge is 0.290 e. The van der Waals surface area contributed by atoms with Gasteiger partial charge in [-0.3, -0.25) is 14.0 Å². The summed E-state index contributed by atoms with van der Waals surface area (Å²) in [5.41, 5.74) is 0. The van der Waals surface area contributed by atoms with Gasteiger partial charge in [0.25, 0.3) is 0 Å². The summed E-state index contributed by atoms with van der Waals surface area (Å²) in [5.74, 6) is 0. The molecule has 18 heavy (non-hydrogen) atoms. The Bertz CT molecular complexity index is 243. The maximum Gasteiger partial charge on any atom is 0.177 e. The maximum absolute atomic E-state index is 2.89. The minimum atomic E-state index is -0.100. The fourth-order valence-electron chi connectivity index (χ4n) is 3.50. The smallest absolute Gasteiger partial charge is 0.177 e. The van der Waals surface area contributed by atoms with E-state index < -0.39 is 0 Å². The lowest BCUT2D eigenvalue weighted by atomic mass is 9.95. The lowest BCUT2D eigenvalue weighted by molar-refractivity contribution is -0.0547. The van der Waals surface area contributed by atoms with Crippen molar-refractivity contribution >= 4 is 9.84 Å². The van der Waals surface area contributed by atoms with Crippen LogP contribution in [0.15, 0.2) is 0 Å². The molecular weight excluding hydrogens is 238 g/mol. The molecule has 1 aliphatic heterocycles. The average Bonchev–Trinajstić information content (AvgIpc) is 2.37. The van der Waals surface area contributed by atoms with Crippen molar-refractivity contribution in [1.29, 1.82) is 0 Å². The molecule has 2 aliphatic rings. The van der Waals surface area contributed by atoms with E-state index in [2.05, 4.69) is 34.9 Å². The van der Waals surface area contributed by atoms with E-state index in [1.807, 2.05) is 0 Å². The van der Waals surface area contributed by atoms with Gasteiger partial charge in [-0.05, 0) is 32.9 Å². The number of unbranched alkanes of at least 4 members (excludes halogenated alkanes) is 1. The normalized spacial score (nSPS) is 29.0. The zero-order chi connectivity index (χ0) is 13.0. The van der Waals surface area contributed by atoms with Crippen molar-refractivity contribution in [3.05, 3.63) is 0 Å². The zero-order valence-corrected chi connectivity index (χ0v) is 14.0. The maximum atomic E-state index is 2.89. The predicted octanol–water partition coefficient (Wildman–Crippen LogP) is 1.97. The van der Waals surface area contributed by atoms with Crippen LogP contribution in [-0.4, -0.2) is 56.3 Å². The van der Waals surface area contributed by atoms with Crippen molar-refractivity contribution in [2.45, 2.75) is 71.1 Å². The van der Waals surface area contributed by atoms with Gasteiger partial charge in [0, 0.05) is 12.6 Å². The SMILES string of the molecule is CCCCN(C)C1N(CC)[SiH2]N1C1CCCCC1. The molecule has 1 heterocycles. The first-order valence-corrected chi connectivity index (χ1v) is 9.24. The van der Waals surface area contributed by atoms with Crippen LogP contribution >= 0.6 is 0 Å². The molecule has 2 fully saturated rings. The van der Waals surface area contributed by atoms with Crippen LogP contribution in [0.1, 0.15) is 58.8 Å². The molecule has 2 rings (SSSR count). The molecule has 0 spiro atoms. The molecule has 0 aromatic heterocycles. The Morgan fingerprint density at radius 3 is 2.50 bits per heavy atom. The van der Waals surface area contributed by atoms with E-state index in [0.717, 1.165) is 6.04 Å². The zero-order valence-electron chi connectivity index (χ0n) is 12.6. The van der Waals surface area contributed by atoms with Crippen molar-refractivity contribution in [2.24, 2.45) is 0 Å². The Balaban J connectivity index is 1.89. The number of rotatable bonds is 6. The molecule has 0 aromatic rings. The van der Waals surface area contributed by atoms with Crippen molar-refractivity contribution in [2.75, 3.05) is 20.1 Å². The molecule has 1 saturated carbocycles. The van der Waals surface area contributed by atoms with E-state index in [-0.39, 0.29) is 9.84 Å². The van der Waals surface area contributed by atoms with Crippen molar-refractivity contribution in [3.8, 4) is 0 Å². The van der Waals surface area contributed by atoms with Gasteiger partial charge in [-0.1, -0.05) is 39.5 Å². The molecule has 0 N–H and O–H groups in total. The Morgan fingerprint density at radius 2 is 1.89 bits per heavy atom. The van der Waals surface area contributed by atoms with Gasteiger partial charge in [0.2, 0.25) is 0 Å². The van der Waals surface area contributed by atoms with Gasteiger partial charge in [0.1, 0.15) is 6.29 Å². The molecular formula is C14H31N3Si. The fourth-order valence-corrected chi connectivity index (χ4v) is 5.70. The highest BCUT2D eigenvalue weighted by Gasteiger charge is 2.42. The quantitative estimate of drug-likeness (QED) is 0.683. The van der Waals surface area contributed by atoms with Crippen molar-refractivity contribution in [1.82, 2.24) is 14.0 Å². The van der Waals surface area contributed by atoms with Crippen LogP contribution in [0.25, 0.3) is 0 Å². The Labute approximate surface area is 115 Å². The first-order chi connectivity index (χ1) is 8.77. The Kier molecular flexibility index (Phi) is 5.67. The second-order valence-corrected chi connectivity index (χ2v) is 7.86. The second kappa shape index (κ2) is 7.03. The molecule has 106 valence electrons. The van der Waals surface area contributed by atoms with E-state index >= 15 is 0 Å². The van der Waals surface area contributed by atoms with Gasteiger partial charge in [-0.2, -0.15) is 0 Å². The molecule has 1 saturated heterocycles. The van der Waals surface area contributed by atoms with Gasteiger partial charge >= 0.3 is 0 Å². The highest BCUT2D eigenvalue weighted by molar-refractivity contribution is 6.32. The highest BCUT2D eigenvalue weighted by Crippen LogP contribution is 2.30. The van der Waals surface area contributed by atoms with Crippen LogP contribution in [0.3, 0.4) is 0 Å². The summed E-state index contributed by atoms with van der Waals surface area (Å²) < 4.78 is 5.63. The van der Waals surface area contributed by atoms with Crippen LogP contribution in [0.4, 0.5) is 0 Å². The van der Waals surface area contributed by atoms with Gasteiger partial charge < -0.3 is 0 Å². The molecule has 0 aromatic carbocycles. The monoisotopic (exact) mass is 269 g/mol. The van der Waals surface area contributed by atoms with Crippen molar-refractivity contribution < 1.29 is 0 Å². The summed E-state index contributed by atoms with van der Waals surface area (Å²) in [7, 11) is 2.23. The summed E-state index contributed by atoms with van der Waals surface area (Å²) in [6, 6.07) is 0.919. The molecule has 0 amide bonds. The highest BCUT2D eigenvalue weighted by atomic mass is 28.2. The fraction of sp³-hybridized carbons (Fsp3) is 1.00. The first kappa shape index (κ1) is 14.5. The first-order valence-electron chi connectivity index (χ1n) is 7.98. The van der Waals surface area contributed by atoms with Crippen LogP contribution in [0.2, 0.25) is 0 Å². The molecule has 3 nitrogen and oxygen atoms in total. The summed E-state index contributed by atoms with van der Waals surface area (Å²) in [4.78, 5) is 2.60. The minimum absolute atomic E-state index is 0.100. The Morgan fingerprint density at radius 1 is 1.17 bits per heavy atom. The molecule has 0 bridgehead atoms. The lowest BCUT2D eigenvalue weighted by Gasteiger charge is -2.57. The predicted molar refractivity (Wildman–Crippen MR) is 81.0 cm³/mol. The standard InChI is InChI=1S/C14H31N3Si/c1-4-6-12-15(3)14-16(5-2)18-17(14)13-10-8-7-9-11-13/h13-14H,4-12,18H2,1-3H3. The number of hydrogen-bond acceptors (Lipinski definition) is 3. The van der Waals surface area contributed by atoms with E-state index in [1.54, 1.807) is 0 Å². The van der Waals surface area contributed by atoms with Crippen LogP contribution < -0.4 is 0 Å². The number of hydrogen-bond donors (Lipinski definition) is 0. The number of nitrogens with zero attached hydrogens (tertiary/aromatic N) is 3. The van der Waals surface area contributed by atoms with Crippen LogP contribution in [-0.2, 0) is 0 Å². The summed E-state index contributed by atoms with van der Waals surface area (Å²) in [5, 5.41) is 0.